The van der Waals surface area contributed by atoms with Gasteiger partial charge in [0.25, 0.3) is 5.91 Å². The van der Waals surface area contributed by atoms with Gasteiger partial charge in [-0.2, -0.15) is 0 Å². The van der Waals surface area contributed by atoms with Gasteiger partial charge in [-0.1, -0.05) is 11.6 Å². The Morgan fingerprint density at radius 3 is 2.71 bits per heavy atom. The molecule has 0 bridgehead atoms. The summed E-state index contributed by atoms with van der Waals surface area (Å²) in [6, 6.07) is 5.40. The van der Waals surface area contributed by atoms with E-state index in [4.69, 9.17) is 11.6 Å². The van der Waals surface area contributed by atoms with E-state index in [1.165, 1.54) is 0 Å². The molecular formula is C11H15Cl2IN2O. The van der Waals surface area contributed by atoms with Crippen LogP contribution in [0, 0.1) is 3.57 Å². The maximum absolute atomic E-state index is 11.7. The molecule has 0 radical (unpaired) electrons. The van der Waals surface area contributed by atoms with Gasteiger partial charge in [-0.3, -0.25) is 4.79 Å². The quantitative estimate of drug-likeness (QED) is 0.601. The van der Waals surface area contributed by atoms with Crippen molar-refractivity contribution in [1.82, 2.24) is 10.6 Å². The van der Waals surface area contributed by atoms with Crippen LogP contribution in [-0.2, 0) is 0 Å². The largest absolute Gasteiger partial charge is 0.352 e. The molecule has 1 rings (SSSR count). The summed E-state index contributed by atoms with van der Waals surface area (Å²) in [7, 11) is 1.89. The summed E-state index contributed by atoms with van der Waals surface area (Å²) in [5, 5.41) is 6.35. The third kappa shape index (κ3) is 5.90. The minimum absolute atomic E-state index is 0. The summed E-state index contributed by atoms with van der Waals surface area (Å²) in [6.45, 7) is 1.54. The molecule has 6 heteroatoms. The fourth-order valence-corrected chi connectivity index (χ4v) is 2.18. The highest BCUT2D eigenvalue weighted by atomic mass is 127. The molecule has 1 aromatic carbocycles. The number of carbonyl (C=O) groups is 1. The predicted molar refractivity (Wildman–Crippen MR) is 82.3 cm³/mol. The zero-order chi connectivity index (χ0) is 12.0. The van der Waals surface area contributed by atoms with E-state index in [1.54, 1.807) is 12.1 Å². The van der Waals surface area contributed by atoms with Crippen molar-refractivity contribution in [1.29, 1.82) is 0 Å². The first kappa shape index (κ1) is 17.0. The van der Waals surface area contributed by atoms with Gasteiger partial charge in [-0.05, 0) is 60.8 Å². The van der Waals surface area contributed by atoms with Gasteiger partial charge in [0.2, 0.25) is 0 Å². The first-order chi connectivity index (χ1) is 7.65. The molecule has 0 atom stereocenters. The van der Waals surface area contributed by atoms with Gasteiger partial charge in [0.1, 0.15) is 0 Å². The van der Waals surface area contributed by atoms with Gasteiger partial charge >= 0.3 is 0 Å². The SMILES string of the molecule is CNCCCNC(=O)c1ccc(I)cc1Cl.Cl. The molecule has 1 amide bonds. The minimum Gasteiger partial charge on any atom is -0.352 e. The van der Waals surface area contributed by atoms with E-state index in [1.807, 2.05) is 13.1 Å². The molecule has 0 aromatic heterocycles. The second kappa shape index (κ2) is 8.97. The highest BCUT2D eigenvalue weighted by Crippen LogP contribution is 2.18. The van der Waals surface area contributed by atoms with E-state index in [-0.39, 0.29) is 18.3 Å². The van der Waals surface area contributed by atoms with E-state index in [0.717, 1.165) is 16.5 Å². The van der Waals surface area contributed by atoms with Crippen molar-refractivity contribution in [3.05, 3.63) is 32.4 Å². The van der Waals surface area contributed by atoms with Crippen molar-refractivity contribution in [3.8, 4) is 0 Å². The predicted octanol–water partition coefficient (Wildman–Crippen LogP) is 2.71. The van der Waals surface area contributed by atoms with Crippen molar-refractivity contribution in [2.75, 3.05) is 20.1 Å². The van der Waals surface area contributed by atoms with Crippen LogP contribution in [-0.4, -0.2) is 26.0 Å². The average molecular weight is 389 g/mol. The zero-order valence-electron chi connectivity index (χ0n) is 9.43. The van der Waals surface area contributed by atoms with Crippen LogP contribution in [0.15, 0.2) is 18.2 Å². The number of benzene rings is 1. The van der Waals surface area contributed by atoms with E-state index in [9.17, 15) is 4.79 Å². The van der Waals surface area contributed by atoms with Crippen LogP contribution < -0.4 is 10.6 Å². The van der Waals surface area contributed by atoms with Crippen LogP contribution in [0.25, 0.3) is 0 Å². The van der Waals surface area contributed by atoms with Crippen molar-refractivity contribution < 1.29 is 4.79 Å². The molecule has 17 heavy (non-hydrogen) atoms. The number of hydrogen-bond donors (Lipinski definition) is 2. The molecule has 0 fully saturated rings. The molecule has 2 N–H and O–H groups in total. The Bertz CT molecular complexity index is 374. The Labute approximate surface area is 126 Å². The molecule has 0 saturated heterocycles. The van der Waals surface area contributed by atoms with Crippen molar-refractivity contribution in [3.63, 3.8) is 0 Å². The topological polar surface area (TPSA) is 41.1 Å². The Hall–Kier alpha value is -0.0400. The third-order valence-corrected chi connectivity index (χ3v) is 3.05. The summed E-state index contributed by atoms with van der Waals surface area (Å²) in [6.07, 6.45) is 0.907. The van der Waals surface area contributed by atoms with Crippen molar-refractivity contribution >= 4 is 52.5 Å². The molecule has 0 heterocycles. The standard InChI is InChI=1S/C11H14ClIN2O.ClH/c1-14-5-2-6-15-11(16)9-4-3-8(13)7-10(9)12;/h3-4,7,14H,2,5-6H2,1H3,(H,15,16);1H. The van der Waals surface area contributed by atoms with Gasteiger partial charge < -0.3 is 10.6 Å². The molecular weight excluding hydrogens is 374 g/mol. The minimum atomic E-state index is -0.113. The number of nitrogens with one attached hydrogen (secondary N) is 2. The van der Waals surface area contributed by atoms with Gasteiger partial charge in [0, 0.05) is 10.1 Å². The fraction of sp³-hybridized carbons (Fsp3) is 0.364. The number of halogens is 3. The monoisotopic (exact) mass is 388 g/mol. The summed E-state index contributed by atoms with van der Waals surface area (Å²) in [5.74, 6) is -0.113. The van der Waals surface area contributed by atoms with E-state index in [0.29, 0.717) is 17.1 Å². The normalized spacial score (nSPS) is 9.59. The lowest BCUT2D eigenvalue weighted by molar-refractivity contribution is 0.0953. The number of hydrogen-bond acceptors (Lipinski definition) is 2. The van der Waals surface area contributed by atoms with Crippen LogP contribution >= 0.6 is 46.6 Å². The summed E-state index contributed by atoms with van der Waals surface area (Å²) in [5.41, 5.74) is 0.534. The molecule has 0 aliphatic carbocycles. The van der Waals surface area contributed by atoms with Crippen LogP contribution in [0.3, 0.4) is 0 Å². The first-order valence-electron chi connectivity index (χ1n) is 5.03. The van der Waals surface area contributed by atoms with E-state index >= 15 is 0 Å². The second-order valence-electron chi connectivity index (χ2n) is 3.34. The summed E-state index contributed by atoms with van der Waals surface area (Å²) >= 11 is 8.15. The van der Waals surface area contributed by atoms with Crippen LogP contribution in [0.4, 0.5) is 0 Å². The molecule has 0 aliphatic heterocycles. The van der Waals surface area contributed by atoms with E-state index in [2.05, 4.69) is 33.2 Å². The fourth-order valence-electron chi connectivity index (χ4n) is 1.24. The third-order valence-electron chi connectivity index (χ3n) is 2.06. The van der Waals surface area contributed by atoms with Crippen molar-refractivity contribution in [2.24, 2.45) is 0 Å². The lowest BCUT2D eigenvalue weighted by Crippen LogP contribution is -2.26. The van der Waals surface area contributed by atoms with Gasteiger partial charge in [0.15, 0.2) is 0 Å². The maximum Gasteiger partial charge on any atom is 0.252 e. The molecule has 0 saturated carbocycles. The van der Waals surface area contributed by atoms with E-state index < -0.39 is 0 Å². The Balaban J connectivity index is 0.00000256. The second-order valence-corrected chi connectivity index (χ2v) is 4.99. The zero-order valence-corrected chi connectivity index (χ0v) is 13.2. The van der Waals surface area contributed by atoms with Crippen LogP contribution in [0.2, 0.25) is 5.02 Å². The van der Waals surface area contributed by atoms with Crippen LogP contribution in [0.5, 0.6) is 0 Å². The van der Waals surface area contributed by atoms with Gasteiger partial charge in [0.05, 0.1) is 10.6 Å². The Morgan fingerprint density at radius 2 is 2.12 bits per heavy atom. The smallest absolute Gasteiger partial charge is 0.252 e. The maximum atomic E-state index is 11.7. The summed E-state index contributed by atoms with van der Waals surface area (Å²) in [4.78, 5) is 11.7. The molecule has 0 unspecified atom stereocenters. The molecule has 0 aliphatic rings. The van der Waals surface area contributed by atoms with Gasteiger partial charge in [-0.15, -0.1) is 12.4 Å². The number of rotatable bonds is 5. The van der Waals surface area contributed by atoms with Crippen molar-refractivity contribution in [2.45, 2.75) is 6.42 Å². The summed E-state index contributed by atoms with van der Waals surface area (Å²) < 4.78 is 1.02. The lowest BCUT2D eigenvalue weighted by Gasteiger charge is -2.06. The lowest BCUT2D eigenvalue weighted by atomic mass is 10.2. The molecule has 96 valence electrons. The molecule has 3 nitrogen and oxygen atoms in total. The molecule has 1 aromatic rings. The highest BCUT2D eigenvalue weighted by molar-refractivity contribution is 14.1. The molecule has 0 spiro atoms. The van der Waals surface area contributed by atoms with Crippen LogP contribution in [0.1, 0.15) is 16.8 Å². The Kier molecular flexibility index (Phi) is 8.94. The number of carbonyl (C=O) groups excluding carboxylic acids is 1. The Morgan fingerprint density at radius 1 is 1.41 bits per heavy atom. The average Bonchev–Trinajstić information content (AvgIpc) is 2.24. The highest BCUT2D eigenvalue weighted by Gasteiger charge is 2.09. The van der Waals surface area contributed by atoms with Gasteiger partial charge in [-0.25, -0.2) is 0 Å². The first-order valence-corrected chi connectivity index (χ1v) is 6.48. The number of amides is 1.